The molecule has 2 rings (SSSR count). The molecule has 1 aliphatic rings. The van der Waals surface area contributed by atoms with E-state index in [-0.39, 0.29) is 12.0 Å². The molecule has 0 bridgehead atoms. The van der Waals surface area contributed by atoms with Gasteiger partial charge in [-0.25, -0.2) is 4.39 Å². The number of hydrogen-bond acceptors (Lipinski definition) is 2. The first kappa shape index (κ1) is 13.4. The number of halogens is 3. The van der Waals surface area contributed by atoms with Crippen molar-refractivity contribution in [2.24, 2.45) is 5.73 Å². The maximum absolute atomic E-state index is 14.2. The molecule has 1 aromatic carbocycles. The van der Waals surface area contributed by atoms with E-state index in [0.29, 0.717) is 13.0 Å². The van der Waals surface area contributed by atoms with Gasteiger partial charge in [-0.2, -0.15) is 8.78 Å². The number of alkyl halides is 2. The van der Waals surface area contributed by atoms with Crippen LogP contribution in [0.25, 0.3) is 0 Å². The van der Waals surface area contributed by atoms with Crippen molar-refractivity contribution >= 4 is 0 Å². The first-order valence-electron chi connectivity index (χ1n) is 5.98. The van der Waals surface area contributed by atoms with Crippen molar-refractivity contribution in [2.45, 2.75) is 37.8 Å². The van der Waals surface area contributed by atoms with E-state index in [1.807, 2.05) is 0 Å². The lowest BCUT2D eigenvalue weighted by Crippen LogP contribution is -2.31. The van der Waals surface area contributed by atoms with Gasteiger partial charge in [0.25, 0.3) is 0 Å². The summed E-state index contributed by atoms with van der Waals surface area (Å²) in [7, 11) is 0. The molecule has 0 amide bonds. The lowest BCUT2D eigenvalue weighted by atomic mass is 9.96. The Hall–Kier alpha value is -1.07. The van der Waals surface area contributed by atoms with E-state index in [1.54, 1.807) is 6.92 Å². The minimum absolute atomic E-state index is 0.102. The molecule has 1 aliphatic heterocycles. The molecule has 0 radical (unpaired) electrons. The molecule has 1 fully saturated rings. The summed E-state index contributed by atoms with van der Waals surface area (Å²) in [5, 5.41) is 0. The maximum Gasteiger partial charge on any atom is 0.301 e. The van der Waals surface area contributed by atoms with Crippen LogP contribution in [0.1, 0.15) is 36.9 Å². The molecule has 2 nitrogen and oxygen atoms in total. The highest BCUT2D eigenvalue weighted by molar-refractivity contribution is 5.31. The van der Waals surface area contributed by atoms with Crippen LogP contribution >= 0.6 is 0 Å². The van der Waals surface area contributed by atoms with E-state index in [1.165, 1.54) is 12.1 Å². The molecular weight excluding hydrogens is 243 g/mol. The van der Waals surface area contributed by atoms with Gasteiger partial charge < -0.3 is 10.5 Å². The summed E-state index contributed by atoms with van der Waals surface area (Å²) in [5.74, 6) is -4.24. The minimum atomic E-state index is -3.31. The predicted octanol–water partition coefficient (Wildman–Crippen LogP) is 3.12. The Labute approximate surface area is 104 Å². The van der Waals surface area contributed by atoms with Gasteiger partial charge in [0.1, 0.15) is 11.9 Å². The standard InChI is InChI=1S/C13H16F3NO/c1-8(17)9-4-2-5-10(12(9)14)13(15,16)11-6-3-7-18-11/h2,4-5,8,11H,3,6-7,17H2,1H3/t8?,11-/m0/s1. The average molecular weight is 259 g/mol. The van der Waals surface area contributed by atoms with Gasteiger partial charge in [-0.3, -0.25) is 0 Å². The monoisotopic (exact) mass is 259 g/mol. The third-order valence-corrected chi connectivity index (χ3v) is 3.21. The van der Waals surface area contributed by atoms with Crippen molar-refractivity contribution in [3.8, 4) is 0 Å². The summed E-state index contributed by atoms with van der Waals surface area (Å²) >= 11 is 0. The summed E-state index contributed by atoms with van der Waals surface area (Å²) in [6, 6.07) is 3.31. The SMILES string of the molecule is CC(N)c1cccc(C(F)(F)[C@@H]2CCCO2)c1F. The molecule has 0 saturated carbocycles. The number of nitrogens with two attached hydrogens (primary N) is 1. The Bertz CT molecular complexity index is 428. The molecule has 1 saturated heterocycles. The fourth-order valence-electron chi connectivity index (χ4n) is 2.20. The van der Waals surface area contributed by atoms with Gasteiger partial charge in [0.2, 0.25) is 0 Å². The molecule has 1 aromatic rings. The van der Waals surface area contributed by atoms with Crippen LogP contribution in [0.3, 0.4) is 0 Å². The van der Waals surface area contributed by atoms with Crippen LogP contribution in [-0.4, -0.2) is 12.7 Å². The Morgan fingerprint density at radius 1 is 1.44 bits per heavy atom. The Morgan fingerprint density at radius 2 is 2.17 bits per heavy atom. The van der Waals surface area contributed by atoms with E-state index in [4.69, 9.17) is 10.5 Å². The lowest BCUT2D eigenvalue weighted by Gasteiger charge is -2.24. The molecule has 0 spiro atoms. The van der Waals surface area contributed by atoms with Crippen molar-refractivity contribution < 1.29 is 17.9 Å². The minimum Gasteiger partial charge on any atom is -0.372 e. The molecule has 5 heteroatoms. The van der Waals surface area contributed by atoms with E-state index < -0.39 is 29.4 Å². The largest absolute Gasteiger partial charge is 0.372 e. The third-order valence-electron chi connectivity index (χ3n) is 3.21. The molecule has 2 atom stereocenters. The molecule has 0 aliphatic carbocycles. The second-order valence-corrected chi connectivity index (χ2v) is 4.62. The fraction of sp³-hybridized carbons (Fsp3) is 0.538. The van der Waals surface area contributed by atoms with Gasteiger partial charge in [0.05, 0.1) is 5.56 Å². The van der Waals surface area contributed by atoms with Crippen LogP contribution in [0.15, 0.2) is 18.2 Å². The van der Waals surface area contributed by atoms with Gasteiger partial charge in [0, 0.05) is 18.2 Å². The zero-order chi connectivity index (χ0) is 13.3. The van der Waals surface area contributed by atoms with E-state index in [0.717, 1.165) is 6.07 Å². The molecule has 0 aromatic heterocycles. The van der Waals surface area contributed by atoms with E-state index >= 15 is 0 Å². The second-order valence-electron chi connectivity index (χ2n) is 4.62. The van der Waals surface area contributed by atoms with Gasteiger partial charge in [-0.15, -0.1) is 0 Å². The molecular formula is C13H16F3NO. The third kappa shape index (κ3) is 2.24. The predicted molar refractivity (Wildman–Crippen MR) is 61.9 cm³/mol. The van der Waals surface area contributed by atoms with Crippen LogP contribution < -0.4 is 5.73 Å². The topological polar surface area (TPSA) is 35.2 Å². The van der Waals surface area contributed by atoms with Crippen molar-refractivity contribution in [3.63, 3.8) is 0 Å². The van der Waals surface area contributed by atoms with Gasteiger partial charge in [-0.05, 0) is 25.8 Å². The van der Waals surface area contributed by atoms with E-state index in [2.05, 4.69) is 0 Å². The highest BCUT2D eigenvalue weighted by Crippen LogP contribution is 2.40. The van der Waals surface area contributed by atoms with Crippen molar-refractivity contribution in [3.05, 3.63) is 35.1 Å². The number of rotatable bonds is 3. The molecule has 18 heavy (non-hydrogen) atoms. The Balaban J connectivity index is 2.40. The van der Waals surface area contributed by atoms with Crippen LogP contribution in [0, 0.1) is 5.82 Å². The fourth-order valence-corrected chi connectivity index (χ4v) is 2.20. The highest BCUT2D eigenvalue weighted by atomic mass is 19.3. The molecule has 1 heterocycles. The van der Waals surface area contributed by atoms with Gasteiger partial charge >= 0.3 is 5.92 Å². The summed E-state index contributed by atoms with van der Waals surface area (Å²) in [6.07, 6.45) is -0.417. The van der Waals surface area contributed by atoms with Crippen molar-refractivity contribution in [1.29, 1.82) is 0 Å². The first-order chi connectivity index (χ1) is 8.44. The zero-order valence-corrected chi connectivity index (χ0v) is 10.1. The average Bonchev–Trinajstić information content (AvgIpc) is 2.82. The summed E-state index contributed by atoms with van der Waals surface area (Å²) in [6.45, 7) is 1.86. The molecule has 1 unspecified atom stereocenters. The second kappa shape index (κ2) is 4.90. The number of hydrogen-bond donors (Lipinski definition) is 1. The zero-order valence-electron chi connectivity index (χ0n) is 10.1. The summed E-state index contributed by atoms with van der Waals surface area (Å²) < 4.78 is 47.4. The number of ether oxygens (including phenoxy) is 1. The number of benzene rings is 1. The lowest BCUT2D eigenvalue weighted by molar-refractivity contribution is -0.124. The highest BCUT2D eigenvalue weighted by Gasteiger charge is 2.46. The van der Waals surface area contributed by atoms with Gasteiger partial charge in [-0.1, -0.05) is 12.1 Å². The van der Waals surface area contributed by atoms with E-state index in [9.17, 15) is 13.2 Å². The summed E-state index contributed by atoms with van der Waals surface area (Å²) in [4.78, 5) is 0. The van der Waals surface area contributed by atoms with Crippen LogP contribution in [0.5, 0.6) is 0 Å². The molecule has 100 valence electrons. The maximum atomic E-state index is 14.2. The van der Waals surface area contributed by atoms with Crippen LogP contribution in [0.2, 0.25) is 0 Å². The molecule has 2 N–H and O–H groups in total. The van der Waals surface area contributed by atoms with Gasteiger partial charge in [0.15, 0.2) is 0 Å². The quantitative estimate of drug-likeness (QED) is 0.905. The normalized spacial score (nSPS) is 22.2. The van der Waals surface area contributed by atoms with Crippen molar-refractivity contribution in [2.75, 3.05) is 6.61 Å². The van der Waals surface area contributed by atoms with Crippen LogP contribution in [0.4, 0.5) is 13.2 Å². The summed E-state index contributed by atoms with van der Waals surface area (Å²) in [5.41, 5.74) is 5.04. The Morgan fingerprint density at radius 3 is 2.72 bits per heavy atom. The van der Waals surface area contributed by atoms with Crippen molar-refractivity contribution in [1.82, 2.24) is 0 Å². The van der Waals surface area contributed by atoms with Crippen LogP contribution in [-0.2, 0) is 10.7 Å². The first-order valence-corrected chi connectivity index (χ1v) is 5.98. The smallest absolute Gasteiger partial charge is 0.301 e. The Kier molecular flexibility index (Phi) is 3.64.